The Morgan fingerprint density at radius 3 is 2.63 bits per heavy atom. The van der Waals surface area contributed by atoms with Crippen molar-refractivity contribution >= 4 is 51.4 Å². The van der Waals surface area contributed by atoms with Crippen LogP contribution in [0.5, 0.6) is 0 Å². The van der Waals surface area contributed by atoms with Gasteiger partial charge in [0.1, 0.15) is 29.2 Å². The molecule has 2 aliphatic heterocycles. The number of rotatable bonds is 7. The quantitative estimate of drug-likeness (QED) is 0.117. The van der Waals surface area contributed by atoms with E-state index < -0.39 is 52.0 Å². The molecule has 0 aliphatic carbocycles. The summed E-state index contributed by atoms with van der Waals surface area (Å²) in [6.45, 7) is 0.599. The predicted octanol–water partition coefficient (Wildman–Crippen LogP) is -0.0487. The second-order valence-corrected chi connectivity index (χ2v) is 7.67. The summed E-state index contributed by atoms with van der Waals surface area (Å²) in [7, 11) is 0. The Morgan fingerprint density at radius 2 is 2.11 bits per heavy atom. The molecule has 3 atom stereocenters. The van der Waals surface area contributed by atoms with Crippen LogP contribution in [-0.4, -0.2) is 74.5 Å². The van der Waals surface area contributed by atoms with Crippen LogP contribution in [0.15, 0.2) is 16.6 Å². The van der Waals surface area contributed by atoms with Crippen LogP contribution < -0.4 is 5.32 Å². The van der Waals surface area contributed by atoms with Crippen LogP contribution in [0.25, 0.3) is 0 Å². The van der Waals surface area contributed by atoms with Gasteiger partial charge in [0.05, 0.1) is 5.33 Å². The Kier molecular flexibility index (Phi) is 6.46. The highest BCUT2D eigenvalue weighted by atomic mass is 79.9. The number of β-lactam (4-membered cyclic amide) rings is 1. The van der Waals surface area contributed by atoms with Gasteiger partial charge >= 0.3 is 11.9 Å². The fourth-order valence-electron chi connectivity index (χ4n) is 2.64. The predicted molar refractivity (Wildman–Crippen MR) is 95.8 cm³/mol. The van der Waals surface area contributed by atoms with Gasteiger partial charge in [0.2, 0.25) is 11.6 Å². The number of hydrogen-bond donors (Lipinski definition) is 3. The number of nitroso groups, excluding NO2 is 1. The molecular formula is C14H16BrN3O8S. The Labute approximate surface area is 165 Å². The number of aliphatic hydroxyl groups excluding tert-OH is 1. The van der Waals surface area contributed by atoms with Gasteiger partial charge in [-0.15, -0.1) is 16.7 Å². The Bertz CT molecular complexity index is 729. The van der Waals surface area contributed by atoms with Gasteiger partial charge in [-0.1, -0.05) is 15.9 Å². The molecule has 11 nitrogen and oxygen atoms in total. The number of nitrogens with one attached hydrogen (secondary N) is 1. The maximum absolute atomic E-state index is 12.3. The Balaban J connectivity index is 2.08. The fraction of sp³-hybridized carbons (Fsp3) is 0.571. The number of carbonyl (C=O) groups excluding carboxylic acids is 3. The molecule has 148 valence electrons. The van der Waals surface area contributed by atoms with Crippen LogP contribution >= 0.6 is 27.7 Å². The number of carboxylic acids is 1. The molecule has 2 unspecified atom stereocenters. The number of carboxylic acid groups (broad SMARTS) is 1. The van der Waals surface area contributed by atoms with Gasteiger partial charge in [-0.2, -0.15) is 0 Å². The first kappa shape index (κ1) is 21.2. The number of allylic oxidation sites excluding steroid dienone is 1. The molecule has 2 saturated heterocycles. The van der Waals surface area contributed by atoms with Crippen LogP contribution in [0.4, 0.5) is 0 Å². The van der Waals surface area contributed by atoms with E-state index in [0.717, 1.165) is 18.7 Å². The lowest BCUT2D eigenvalue weighted by Gasteiger charge is -2.53. The second kappa shape index (κ2) is 8.25. The number of hydrogen-bond acceptors (Lipinski definition) is 9. The maximum Gasteiger partial charge on any atom is 0.315 e. The van der Waals surface area contributed by atoms with Crippen LogP contribution in [0.3, 0.4) is 0 Å². The number of aliphatic carboxylic acids is 1. The minimum absolute atomic E-state index is 0.0533. The minimum atomic E-state index is -1.44. The molecule has 2 aliphatic rings. The first-order valence-corrected chi connectivity index (χ1v) is 9.75. The third-order valence-corrected chi connectivity index (χ3v) is 6.26. The molecule has 2 amide bonds. The van der Waals surface area contributed by atoms with Crippen molar-refractivity contribution in [1.29, 1.82) is 0 Å². The van der Waals surface area contributed by atoms with Crippen molar-refractivity contribution in [1.82, 2.24) is 10.2 Å². The molecule has 0 aromatic carbocycles. The van der Waals surface area contributed by atoms with E-state index in [1.165, 1.54) is 4.90 Å². The van der Waals surface area contributed by atoms with Crippen molar-refractivity contribution in [3.8, 4) is 0 Å². The minimum Gasteiger partial charge on any atom is -0.509 e. The van der Waals surface area contributed by atoms with E-state index >= 15 is 0 Å². The largest absolute Gasteiger partial charge is 0.509 e. The van der Waals surface area contributed by atoms with Gasteiger partial charge in [0.15, 0.2) is 0 Å². The summed E-state index contributed by atoms with van der Waals surface area (Å²) in [6.07, 6.45) is 0. The molecular weight excluding hydrogens is 450 g/mol. The van der Waals surface area contributed by atoms with Crippen LogP contribution in [-0.2, 0) is 23.9 Å². The van der Waals surface area contributed by atoms with Crippen molar-refractivity contribution in [3.63, 3.8) is 0 Å². The zero-order valence-electron chi connectivity index (χ0n) is 14.0. The average Bonchev–Trinajstić information content (AvgIpc) is 2.64. The lowest BCUT2D eigenvalue weighted by atomic mass is 9.88. The molecule has 0 aromatic heterocycles. The van der Waals surface area contributed by atoms with Gasteiger partial charge < -0.3 is 25.2 Å². The lowest BCUT2D eigenvalue weighted by Crippen LogP contribution is -2.74. The van der Waals surface area contributed by atoms with Crippen LogP contribution in [0, 0.1) is 10.3 Å². The molecule has 2 fully saturated rings. The molecule has 13 heteroatoms. The third kappa shape index (κ3) is 4.08. The maximum atomic E-state index is 12.3. The van der Waals surface area contributed by atoms with Crippen LogP contribution in [0.2, 0.25) is 0 Å². The SMILES string of the molecule is CC(=O)OCC1(C(=O)O)CS[C@@H]2C(NC(=O)C(N=O)=C(O)CBr)C(=O)N2C1. The number of esters is 1. The summed E-state index contributed by atoms with van der Waals surface area (Å²) in [5.74, 6) is -3.90. The highest BCUT2D eigenvalue weighted by molar-refractivity contribution is 9.09. The van der Waals surface area contributed by atoms with Gasteiger partial charge in [0.25, 0.3) is 5.91 Å². The summed E-state index contributed by atoms with van der Waals surface area (Å²) in [5, 5.41) is 23.1. The number of ether oxygens (including phenoxy) is 1. The second-order valence-electron chi connectivity index (χ2n) is 6.00. The average molecular weight is 466 g/mol. The van der Waals surface area contributed by atoms with Crippen molar-refractivity contribution < 1.29 is 34.1 Å². The summed E-state index contributed by atoms with van der Waals surface area (Å²) in [4.78, 5) is 59.0. The monoisotopic (exact) mass is 465 g/mol. The number of nitrogens with zero attached hydrogens (tertiary/aromatic N) is 2. The third-order valence-electron chi connectivity index (χ3n) is 4.14. The highest BCUT2D eigenvalue weighted by Crippen LogP contribution is 2.42. The zero-order valence-corrected chi connectivity index (χ0v) is 16.4. The van der Waals surface area contributed by atoms with Crippen molar-refractivity contribution in [3.05, 3.63) is 16.4 Å². The van der Waals surface area contributed by atoms with Gasteiger partial charge in [0, 0.05) is 19.2 Å². The van der Waals surface area contributed by atoms with Crippen molar-refractivity contribution in [2.45, 2.75) is 18.3 Å². The first-order chi connectivity index (χ1) is 12.7. The number of aliphatic hydroxyl groups is 1. The van der Waals surface area contributed by atoms with E-state index in [-0.39, 0.29) is 24.2 Å². The molecule has 0 aromatic rings. The van der Waals surface area contributed by atoms with Gasteiger partial charge in [-0.05, 0) is 5.18 Å². The van der Waals surface area contributed by atoms with E-state index in [1.54, 1.807) is 0 Å². The van der Waals surface area contributed by atoms with Crippen molar-refractivity contribution in [2.24, 2.45) is 10.6 Å². The van der Waals surface area contributed by atoms with Gasteiger partial charge in [-0.3, -0.25) is 19.2 Å². The molecule has 27 heavy (non-hydrogen) atoms. The summed E-state index contributed by atoms with van der Waals surface area (Å²) in [5.41, 5.74) is -2.19. The number of halogens is 1. The fourth-order valence-corrected chi connectivity index (χ4v) is 4.43. The lowest BCUT2D eigenvalue weighted by molar-refractivity contribution is -0.164. The summed E-state index contributed by atoms with van der Waals surface area (Å²) >= 11 is 3.99. The smallest absolute Gasteiger partial charge is 0.315 e. The van der Waals surface area contributed by atoms with Crippen molar-refractivity contribution in [2.75, 3.05) is 24.2 Å². The molecule has 0 radical (unpaired) electrons. The van der Waals surface area contributed by atoms with E-state index in [4.69, 9.17) is 4.74 Å². The Morgan fingerprint density at radius 1 is 1.44 bits per heavy atom. The molecule has 0 saturated carbocycles. The number of amides is 2. The van der Waals surface area contributed by atoms with E-state index in [9.17, 15) is 34.3 Å². The Hall–Kier alpha value is -2.15. The summed E-state index contributed by atoms with van der Waals surface area (Å²) < 4.78 is 4.84. The van der Waals surface area contributed by atoms with Gasteiger partial charge in [-0.25, -0.2) is 0 Å². The molecule has 3 N–H and O–H groups in total. The topological polar surface area (TPSA) is 163 Å². The molecule has 0 bridgehead atoms. The number of fused-ring (bicyclic) bond motifs is 1. The molecule has 2 heterocycles. The highest BCUT2D eigenvalue weighted by Gasteiger charge is 2.58. The summed E-state index contributed by atoms with van der Waals surface area (Å²) in [6, 6.07) is -0.983. The zero-order chi connectivity index (χ0) is 20.4. The van der Waals surface area contributed by atoms with E-state index in [0.29, 0.717) is 0 Å². The van der Waals surface area contributed by atoms with E-state index in [1.807, 2.05) is 0 Å². The van der Waals surface area contributed by atoms with Crippen LogP contribution in [0.1, 0.15) is 6.92 Å². The number of thioether (sulfide) groups is 1. The number of alkyl halides is 1. The first-order valence-electron chi connectivity index (χ1n) is 7.58. The molecule has 2 rings (SSSR count). The molecule has 0 spiro atoms. The normalized spacial score (nSPS) is 27.6. The standard InChI is InChI=1S/C14H16BrN3O8S/c1-6(19)26-4-14(13(23)24)3-18-11(22)9(12(18)27-5-14)16-10(21)8(17-25)7(20)2-15/h9,12,20H,2-5H2,1H3,(H,16,21)(H,23,24)/t9?,12-,14?/m1/s1. The number of carbonyl (C=O) groups is 4. The van der Waals surface area contributed by atoms with E-state index in [2.05, 4.69) is 26.4 Å².